The minimum Gasteiger partial charge on any atom is -0.545 e. The van der Waals surface area contributed by atoms with Gasteiger partial charge < -0.3 is 24.6 Å². The van der Waals surface area contributed by atoms with Crippen LogP contribution in [-0.4, -0.2) is 20.2 Å². The van der Waals surface area contributed by atoms with E-state index in [2.05, 4.69) is 4.18 Å². The van der Waals surface area contributed by atoms with Crippen LogP contribution in [0.5, 0.6) is 0 Å². The Bertz CT molecular complexity index is 1150. The molecule has 0 radical (unpaired) electrons. The van der Waals surface area contributed by atoms with Gasteiger partial charge in [-0.2, -0.15) is 8.42 Å². The van der Waals surface area contributed by atoms with Crippen molar-refractivity contribution in [3.8, 4) is 0 Å². The van der Waals surface area contributed by atoms with E-state index in [0.717, 1.165) is 24.3 Å². The van der Waals surface area contributed by atoms with E-state index in [-0.39, 0.29) is 16.7 Å². The van der Waals surface area contributed by atoms with Gasteiger partial charge in [-0.3, -0.25) is 4.79 Å². The van der Waals surface area contributed by atoms with Crippen LogP contribution in [0.4, 0.5) is 0 Å². The molecule has 2 N–H and O–H groups in total. The first-order valence-electron chi connectivity index (χ1n) is 8.95. The Kier molecular flexibility index (Phi) is 3.90. The average molecular weight is 391 g/mol. The Morgan fingerprint density at radius 3 is 2.44 bits per heavy atom. The van der Waals surface area contributed by atoms with Crippen LogP contribution < -0.4 is 10.8 Å². The van der Waals surface area contributed by atoms with Crippen LogP contribution in [0.3, 0.4) is 0 Å². The quantitative estimate of drug-likeness (QED) is 0.697. The van der Waals surface area contributed by atoms with Gasteiger partial charge in [-0.15, -0.1) is 0 Å². The van der Waals surface area contributed by atoms with Crippen LogP contribution >= 0.6 is 0 Å². The summed E-state index contributed by atoms with van der Waals surface area (Å²) in [6, 6.07) is 11.2. The first kappa shape index (κ1) is 14.8. The summed E-state index contributed by atoms with van der Waals surface area (Å²) in [5.74, 6) is -4.65. The zero-order valence-corrected chi connectivity index (χ0v) is 14.4. The Labute approximate surface area is 159 Å². The number of Topliss-reactive ketones (excluding diaryl/α,β-unsaturated/α-hetero) is 1. The highest BCUT2D eigenvalue weighted by Gasteiger charge is 2.39. The Hall–Kier alpha value is -3.33. The monoisotopic (exact) mass is 391 g/mol. The van der Waals surface area contributed by atoms with Gasteiger partial charge in [-0.1, -0.05) is 54.6 Å². The third kappa shape index (κ3) is 4.09. The molecule has 1 aliphatic rings. The van der Waals surface area contributed by atoms with Crippen molar-refractivity contribution in [2.75, 3.05) is 0 Å². The molecule has 3 rings (SSSR count). The van der Waals surface area contributed by atoms with E-state index in [4.69, 9.17) is 14.6 Å². The van der Waals surface area contributed by atoms with E-state index in [1.807, 2.05) is 0 Å². The predicted molar refractivity (Wildman–Crippen MR) is 91.0 cm³/mol. The molecule has 8 nitrogen and oxygen atoms in total. The summed E-state index contributed by atoms with van der Waals surface area (Å²) >= 11 is 0. The number of benzene rings is 2. The Morgan fingerprint density at radius 2 is 1.85 bits per heavy atom. The summed E-state index contributed by atoms with van der Waals surface area (Å²) in [7, 11) is -5.09. The lowest BCUT2D eigenvalue weighted by Gasteiger charge is -2.11. The van der Waals surface area contributed by atoms with E-state index in [1.165, 1.54) is 24.3 Å². The van der Waals surface area contributed by atoms with Crippen molar-refractivity contribution in [3.05, 3.63) is 82.9 Å². The summed E-state index contributed by atoms with van der Waals surface area (Å²) in [5, 5.41) is 10.8. The number of rotatable bonds is 6. The molecule has 1 heterocycles. The summed E-state index contributed by atoms with van der Waals surface area (Å²) < 4.78 is 58.9. The number of carbonyl (C=O) groups is 2. The molecular weight excluding hydrogens is 374 g/mol. The van der Waals surface area contributed by atoms with Gasteiger partial charge in [0.2, 0.25) is 17.4 Å². The number of hydrogen-bond donors (Lipinski definition) is 1. The molecule has 140 valence electrons. The molecule has 1 aliphatic heterocycles. The molecule has 2 aromatic rings. The van der Waals surface area contributed by atoms with Crippen molar-refractivity contribution >= 4 is 21.9 Å². The molecule has 1 atom stereocenters. The second-order valence-electron chi connectivity index (χ2n) is 5.32. The fourth-order valence-corrected chi connectivity index (χ4v) is 3.07. The summed E-state index contributed by atoms with van der Waals surface area (Å²) in [5.41, 5.74) is 1.90. The highest BCUT2D eigenvalue weighted by Crippen LogP contribution is 2.32. The third-order valence-corrected chi connectivity index (χ3v) is 4.31. The molecule has 0 bridgehead atoms. The molecule has 9 heteroatoms. The fourth-order valence-electron chi connectivity index (χ4n) is 2.23. The summed E-state index contributed by atoms with van der Waals surface area (Å²) in [6.45, 7) is 0. The minimum atomic E-state index is -5.09. The third-order valence-electron chi connectivity index (χ3n) is 3.44. The molecule has 0 spiro atoms. The van der Waals surface area contributed by atoms with Gasteiger partial charge in [0.15, 0.2) is 6.08 Å². The molecule has 0 saturated heterocycles. The maximum atomic E-state index is 12.7. The Balaban J connectivity index is 1.91. The largest absolute Gasteiger partial charge is 0.545 e. The van der Waals surface area contributed by atoms with E-state index in [9.17, 15) is 23.1 Å². The molecule has 27 heavy (non-hydrogen) atoms. The van der Waals surface area contributed by atoms with Crippen LogP contribution in [0.25, 0.3) is 0 Å². The number of ketones is 1. The van der Waals surface area contributed by atoms with Gasteiger partial charge in [0, 0.05) is 5.56 Å². The van der Waals surface area contributed by atoms with Crippen molar-refractivity contribution in [2.24, 2.45) is 5.73 Å². The fraction of sp³-hybridized carbons (Fsp3) is 0.111. The van der Waals surface area contributed by atoms with Gasteiger partial charge in [-0.25, -0.2) is 0 Å². The van der Waals surface area contributed by atoms with Crippen LogP contribution in [0.2, 0.25) is 0 Å². The topological polar surface area (TPSA) is 136 Å². The summed E-state index contributed by atoms with van der Waals surface area (Å²) in [4.78, 5) is 23.5. The van der Waals surface area contributed by atoms with Gasteiger partial charge in [0.25, 0.3) is 0 Å². The first-order chi connectivity index (χ1) is 13.9. The minimum absolute atomic E-state index is 0.150. The summed E-state index contributed by atoms with van der Waals surface area (Å²) in [6.07, 6.45) is -2.54. The lowest BCUT2D eigenvalue weighted by Crippen LogP contribution is -2.22. The predicted octanol–water partition coefficient (Wildman–Crippen LogP) is 0.365. The average Bonchev–Trinajstić information content (AvgIpc) is 2.92. The molecular formula is C18H14NO7S-. The maximum absolute atomic E-state index is 12.7. The number of carboxylic acids is 1. The number of carbonyl (C=O) groups excluding carboxylic acids is 2. The second-order valence-corrected chi connectivity index (χ2v) is 6.60. The highest BCUT2D eigenvalue weighted by atomic mass is 32.2. The van der Waals surface area contributed by atoms with Gasteiger partial charge >= 0.3 is 10.1 Å². The van der Waals surface area contributed by atoms with E-state index < -0.39 is 45.3 Å². The zero-order valence-electron chi connectivity index (χ0n) is 16.5. The van der Waals surface area contributed by atoms with Gasteiger partial charge in [0.05, 0.1) is 10.1 Å². The number of ether oxygens (including phenoxy) is 1. The number of hydrogen-bond acceptors (Lipinski definition) is 8. The van der Waals surface area contributed by atoms with Crippen LogP contribution in [0.15, 0.2) is 66.2 Å². The van der Waals surface area contributed by atoms with Crippen LogP contribution in [0, 0.1) is 0 Å². The first-order valence-corrected chi connectivity index (χ1v) is 8.86. The number of aromatic carboxylic acids is 1. The molecule has 0 saturated carbocycles. The highest BCUT2D eigenvalue weighted by molar-refractivity contribution is 7.86. The number of nitrogens with two attached hydrogens (primary N) is 1. The maximum Gasteiger partial charge on any atom is 0.313 e. The molecule has 0 aliphatic carbocycles. The van der Waals surface area contributed by atoms with Crippen molar-refractivity contribution in [1.29, 1.82) is 0 Å². The van der Waals surface area contributed by atoms with E-state index in [1.54, 1.807) is 6.07 Å². The van der Waals surface area contributed by atoms with Crippen molar-refractivity contribution in [2.45, 2.75) is 11.8 Å². The van der Waals surface area contributed by atoms with Gasteiger partial charge in [0.1, 0.15) is 5.70 Å². The molecule has 0 unspecified atom stereocenters. The van der Waals surface area contributed by atoms with Gasteiger partial charge in [-0.05, 0) is 11.1 Å². The van der Waals surface area contributed by atoms with Crippen LogP contribution in [-0.2, 0) is 29.5 Å². The van der Waals surface area contributed by atoms with Crippen LogP contribution in [0.1, 0.15) is 31.7 Å². The van der Waals surface area contributed by atoms with Crippen molar-refractivity contribution < 1.29 is 36.1 Å². The smallest absolute Gasteiger partial charge is 0.313 e. The van der Waals surface area contributed by atoms with Crippen molar-refractivity contribution in [3.63, 3.8) is 0 Å². The van der Waals surface area contributed by atoms with E-state index >= 15 is 0 Å². The number of carboxylic acid groups (broad SMARTS) is 1. The second kappa shape index (κ2) is 7.12. The molecule has 0 fully saturated rings. The standard InChI is InChI=1S/C18H15NO7S/c19-17-16(26-27(23,24)10-11-4-2-1-3-5-11)14(20)15(25-17)12-6-8-13(9-7-12)18(21)22/h1-9,15H,10,19H2,(H,21,22)/p-1/t15-/m1/s1/i10D2,15D. The SMILES string of the molecule is [2H]C([2H])(c1ccccc1)S(=O)(=O)OC1=C(N)O[C@]([2H])(c2ccc(C(=O)[O-])cc2)C1=O. The van der Waals surface area contributed by atoms with E-state index in [0.29, 0.717) is 0 Å². The molecule has 0 amide bonds. The molecule has 2 aromatic carbocycles. The van der Waals surface area contributed by atoms with Crippen molar-refractivity contribution in [1.82, 2.24) is 0 Å². The zero-order chi connectivity index (χ0) is 22.3. The molecule has 0 aromatic heterocycles. The Morgan fingerprint density at radius 1 is 1.22 bits per heavy atom. The normalized spacial score (nSPS) is 21.8. The lowest BCUT2D eigenvalue weighted by molar-refractivity contribution is -0.255. The lowest BCUT2D eigenvalue weighted by atomic mass is 10.0.